The number of carbonyl (C=O) groups excluding carboxylic acids is 2. The molecular weight excluding hydrogens is 416 g/mol. The number of piperidine rings is 1. The van der Waals surface area contributed by atoms with Crippen molar-refractivity contribution >= 4 is 39.2 Å². The summed E-state index contributed by atoms with van der Waals surface area (Å²) in [6.45, 7) is 2.19. The Morgan fingerprint density at radius 2 is 1.86 bits per heavy atom. The normalized spacial score (nSPS) is 17.7. The van der Waals surface area contributed by atoms with Gasteiger partial charge in [-0.25, -0.2) is 8.42 Å². The van der Waals surface area contributed by atoms with Crippen molar-refractivity contribution in [2.75, 3.05) is 18.4 Å². The van der Waals surface area contributed by atoms with Crippen LogP contribution in [0.2, 0.25) is 5.02 Å². The van der Waals surface area contributed by atoms with E-state index in [1.54, 1.807) is 13.0 Å². The molecule has 0 aromatic heterocycles. The third-order valence-electron chi connectivity index (χ3n) is 4.92. The third-order valence-corrected chi connectivity index (χ3v) is 7.19. The highest BCUT2D eigenvalue weighted by Gasteiger charge is 2.33. The number of halogens is 1. The maximum absolute atomic E-state index is 13.0. The van der Waals surface area contributed by atoms with Gasteiger partial charge in [-0.15, -0.1) is 0 Å². The first-order valence-corrected chi connectivity index (χ1v) is 10.9. The number of sulfonamides is 1. The average molecular weight is 436 g/mol. The van der Waals surface area contributed by atoms with Gasteiger partial charge >= 0.3 is 0 Å². The number of nitrogens with one attached hydrogen (secondary N) is 1. The first-order chi connectivity index (χ1) is 13.7. The SMILES string of the molecule is Cc1ccc(S(=O)(=O)N2CCC[C@@H](C(=O)Nc3ccc(C(=O)[O-])cc3)C2)cc1Cl. The van der Waals surface area contributed by atoms with Gasteiger partial charge in [-0.1, -0.05) is 29.8 Å². The molecule has 2 aromatic rings. The molecule has 0 unspecified atom stereocenters. The molecule has 0 spiro atoms. The summed E-state index contributed by atoms with van der Waals surface area (Å²) >= 11 is 6.07. The lowest BCUT2D eigenvalue weighted by atomic mass is 9.98. The second-order valence-electron chi connectivity index (χ2n) is 6.97. The van der Waals surface area contributed by atoms with Crippen molar-refractivity contribution in [1.29, 1.82) is 0 Å². The Morgan fingerprint density at radius 1 is 1.17 bits per heavy atom. The largest absolute Gasteiger partial charge is 0.545 e. The minimum Gasteiger partial charge on any atom is -0.545 e. The van der Waals surface area contributed by atoms with Crippen LogP contribution in [-0.4, -0.2) is 37.7 Å². The maximum atomic E-state index is 13.0. The van der Waals surface area contributed by atoms with E-state index in [2.05, 4.69) is 5.32 Å². The molecule has 2 aromatic carbocycles. The van der Waals surface area contributed by atoms with Crippen molar-refractivity contribution in [2.24, 2.45) is 5.92 Å². The summed E-state index contributed by atoms with van der Waals surface area (Å²) < 4.78 is 27.2. The Balaban J connectivity index is 1.71. The highest BCUT2D eigenvalue weighted by Crippen LogP contribution is 2.27. The molecule has 1 heterocycles. The van der Waals surface area contributed by atoms with E-state index in [0.29, 0.717) is 30.1 Å². The van der Waals surface area contributed by atoms with Crippen LogP contribution in [0.15, 0.2) is 47.4 Å². The van der Waals surface area contributed by atoms with Gasteiger partial charge in [0, 0.05) is 23.8 Å². The van der Waals surface area contributed by atoms with Crippen LogP contribution in [0.25, 0.3) is 0 Å². The van der Waals surface area contributed by atoms with Crippen LogP contribution in [0, 0.1) is 12.8 Å². The zero-order valence-corrected chi connectivity index (χ0v) is 17.3. The molecule has 0 aliphatic carbocycles. The second-order valence-corrected chi connectivity index (χ2v) is 9.31. The topological polar surface area (TPSA) is 107 Å². The number of amides is 1. The fourth-order valence-electron chi connectivity index (χ4n) is 3.19. The molecule has 1 N–H and O–H groups in total. The van der Waals surface area contributed by atoms with Crippen LogP contribution in [0.3, 0.4) is 0 Å². The molecule has 7 nitrogen and oxygen atoms in total. The fourth-order valence-corrected chi connectivity index (χ4v) is 4.99. The standard InChI is InChI=1S/C20H21ClN2O5S/c1-13-4-9-17(11-18(13)21)29(27,28)23-10-2-3-15(12-23)19(24)22-16-7-5-14(6-8-16)20(25)26/h4-9,11,15H,2-3,10,12H2,1H3,(H,22,24)(H,25,26)/p-1/t15-/m1/s1. The van der Waals surface area contributed by atoms with E-state index >= 15 is 0 Å². The smallest absolute Gasteiger partial charge is 0.243 e. The summed E-state index contributed by atoms with van der Waals surface area (Å²) in [5.41, 5.74) is 1.23. The van der Waals surface area contributed by atoms with Gasteiger partial charge < -0.3 is 15.2 Å². The Kier molecular flexibility index (Phi) is 6.26. The number of aromatic carboxylic acids is 1. The number of carbonyl (C=O) groups is 2. The second kappa shape index (κ2) is 8.52. The Hall–Kier alpha value is -2.42. The highest BCUT2D eigenvalue weighted by atomic mass is 35.5. The maximum Gasteiger partial charge on any atom is 0.243 e. The summed E-state index contributed by atoms with van der Waals surface area (Å²) in [7, 11) is -3.76. The number of aryl methyl sites for hydroxylation is 1. The predicted molar refractivity (Wildman–Crippen MR) is 107 cm³/mol. The molecule has 0 bridgehead atoms. The molecule has 1 aliphatic rings. The number of rotatable bonds is 5. The van der Waals surface area contributed by atoms with Gasteiger partial charge in [-0.05, 0) is 55.2 Å². The quantitative estimate of drug-likeness (QED) is 0.773. The molecule has 1 amide bonds. The van der Waals surface area contributed by atoms with Crippen molar-refractivity contribution in [1.82, 2.24) is 4.31 Å². The van der Waals surface area contributed by atoms with E-state index in [0.717, 1.165) is 5.56 Å². The van der Waals surface area contributed by atoms with E-state index in [4.69, 9.17) is 11.6 Å². The molecule has 29 heavy (non-hydrogen) atoms. The van der Waals surface area contributed by atoms with Gasteiger partial charge in [-0.3, -0.25) is 4.79 Å². The van der Waals surface area contributed by atoms with Crippen LogP contribution in [0.4, 0.5) is 5.69 Å². The van der Waals surface area contributed by atoms with Gasteiger partial charge in [0.05, 0.1) is 16.8 Å². The Labute approximate surface area is 174 Å². The Bertz CT molecular complexity index is 1040. The van der Waals surface area contributed by atoms with E-state index in [1.807, 2.05) is 0 Å². The zero-order valence-electron chi connectivity index (χ0n) is 15.7. The number of benzene rings is 2. The summed E-state index contributed by atoms with van der Waals surface area (Å²) in [6.07, 6.45) is 1.12. The number of hydrogen-bond donors (Lipinski definition) is 1. The lowest BCUT2D eigenvalue weighted by molar-refractivity contribution is -0.255. The monoisotopic (exact) mass is 435 g/mol. The Morgan fingerprint density at radius 3 is 2.48 bits per heavy atom. The number of carboxylic acid groups (broad SMARTS) is 1. The van der Waals surface area contributed by atoms with Gasteiger partial charge in [-0.2, -0.15) is 4.31 Å². The van der Waals surface area contributed by atoms with Crippen LogP contribution >= 0.6 is 11.6 Å². The zero-order chi connectivity index (χ0) is 21.2. The molecule has 1 aliphatic heterocycles. The lowest BCUT2D eigenvalue weighted by Crippen LogP contribution is -2.43. The third kappa shape index (κ3) is 4.77. The van der Waals surface area contributed by atoms with E-state index in [1.165, 1.54) is 40.7 Å². The molecular formula is C20H20ClN2O5S-. The molecule has 1 saturated heterocycles. The van der Waals surface area contributed by atoms with Crippen molar-refractivity contribution in [3.8, 4) is 0 Å². The fraction of sp³-hybridized carbons (Fsp3) is 0.300. The predicted octanol–water partition coefficient (Wildman–Crippen LogP) is 2.05. The summed E-state index contributed by atoms with van der Waals surface area (Å²) in [4.78, 5) is 23.5. The van der Waals surface area contributed by atoms with Gasteiger partial charge in [0.15, 0.2) is 0 Å². The number of carboxylic acids is 1. The van der Waals surface area contributed by atoms with Gasteiger partial charge in [0.2, 0.25) is 15.9 Å². The first-order valence-electron chi connectivity index (χ1n) is 9.07. The van der Waals surface area contributed by atoms with Crippen molar-refractivity contribution < 1.29 is 23.1 Å². The van der Waals surface area contributed by atoms with Crippen molar-refractivity contribution in [3.63, 3.8) is 0 Å². The van der Waals surface area contributed by atoms with Crippen LogP contribution in [0.5, 0.6) is 0 Å². The average Bonchev–Trinajstić information content (AvgIpc) is 2.70. The molecule has 0 saturated carbocycles. The van der Waals surface area contributed by atoms with Gasteiger partial charge in [0.1, 0.15) is 0 Å². The van der Waals surface area contributed by atoms with Crippen LogP contribution in [-0.2, 0) is 14.8 Å². The summed E-state index contributed by atoms with van der Waals surface area (Å²) in [5, 5.41) is 13.9. The number of hydrogen-bond acceptors (Lipinski definition) is 5. The van der Waals surface area contributed by atoms with E-state index < -0.39 is 21.9 Å². The molecule has 3 rings (SSSR count). The van der Waals surface area contributed by atoms with Crippen molar-refractivity contribution in [3.05, 3.63) is 58.6 Å². The summed E-state index contributed by atoms with van der Waals surface area (Å²) in [5.74, 6) is -2.12. The van der Waals surface area contributed by atoms with Crippen LogP contribution < -0.4 is 10.4 Å². The number of anilines is 1. The van der Waals surface area contributed by atoms with Gasteiger partial charge in [0.25, 0.3) is 0 Å². The summed E-state index contributed by atoms with van der Waals surface area (Å²) in [6, 6.07) is 10.2. The number of nitrogens with zero attached hydrogens (tertiary/aromatic N) is 1. The minimum atomic E-state index is -3.76. The first kappa shape index (κ1) is 21.3. The van der Waals surface area contributed by atoms with Crippen molar-refractivity contribution in [2.45, 2.75) is 24.7 Å². The van der Waals surface area contributed by atoms with E-state index in [9.17, 15) is 23.1 Å². The highest BCUT2D eigenvalue weighted by molar-refractivity contribution is 7.89. The molecule has 9 heteroatoms. The molecule has 154 valence electrons. The minimum absolute atomic E-state index is 0.00897. The molecule has 1 atom stereocenters. The lowest BCUT2D eigenvalue weighted by Gasteiger charge is -2.31. The molecule has 1 fully saturated rings. The van der Waals surface area contributed by atoms with Crippen LogP contribution in [0.1, 0.15) is 28.8 Å². The molecule has 0 radical (unpaired) electrons. The van der Waals surface area contributed by atoms with E-state index in [-0.39, 0.29) is 22.9 Å².